The lowest BCUT2D eigenvalue weighted by Gasteiger charge is -1.88. The fraction of sp³-hybridized carbons (Fsp3) is 0.250. The number of carbonyl (C=O) groups is 1. The molecule has 10 heavy (non-hydrogen) atoms. The van der Waals surface area contributed by atoms with Crippen LogP contribution < -0.4 is 0 Å². The van der Waals surface area contributed by atoms with Gasteiger partial charge in [-0.1, -0.05) is 0 Å². The van der Waals surface area contributed by atoms with E-state index in [2.05, 4.69) is 9.98 Å². The normalized spacial score (nSPS) is 12.6. The summed E-state index contributed by atoms with van der Waals surface area (Å²) in [4.78, 5) is 17.3. The van der Waals surface area contributed by atoms with Crippen molar-refractivity contribution < 1.29 is 10.3 Å². The summed E-state index contributed by atoms with van der Waals surface area (Å²) in [5, 5.41) is 0. The molecule has 1 rings (SSSR count). The SMILES string of the molecule is Cl.Cl.O.O=C1C=NC=NC1. The van der Waals surface area contributed by atoms with Crippen molar-refractivity contribution in [2.75, 3.05) is 6.54 Å². The Bertz CT molecular complexity index is 146. The Hall–Kier alpha value is -0.450. The Morgan fingerprint density at radius 1 is 1.40 bits per heavy atom. The van der Waals surface area contributed by atoms with E-state index in [1.165, 1.54) is 12.6 Å². The van der Waals surface area contributed by atoms with Crippen molar-refractivity contribution >= 4 is 43.2 Å². The lowest BCUT2D eigenvalue weighted by atomic mass is 10.4. The first-order valence-electron chi connectivity index (χ1n) is 1.94. The highest BCUT2D eigenvalue weighted by molar-refractivity contribution is 6.30. The van der Waals surface area contributed by atoms with Crippen LogP contribution in [0.1, 0.15) is 0 Å². The van der Waals surface area contributed by atoms with Crippen LogP contribution in [0.5, 0.6) is 0 Å². The summed E-state index contributed by atoms with van der Waals surface area (Å²) in [6.07, 6.45) is 2.65. The van der Waals surface area contributed by atoms with Crippen molar-refractivity contribution in [1.82, 2.24) is 0 Å². The zero-order valence-corrected chi connectivity index (χ0v) is 6.61. The molecule has 0 spiro atoms. The molecule has 1 aliphatic rings. The molecule has 1 aliphatic heterocycles. The van der Waals surface area contributed by atoms with Gasteiger partial charge in [-0.05, 0) is 0 Å². The van der Waals surface area contributed by atoms with Crippen molar-refractivity contribution in [2.24, 2.45) is 9.98 Å². The minimum atomic E-state index is -0.0255. The van der Waals surface area contributed by atoms with Gasteiger partial charge in [-0.3, -0.25) is 9.79 Å². The number of hydrogen-bond acceptors (Lipinski definition) is 3. The highest BCUT2D eigenvalue weighted by Crippen LogP contribution is 1.76. The molecular formula is C4H8Cl2N2O2. The van der Waals surface area contributed by atoms with Gasteiger partial charge in [0.15, 0.2) is 5.78 Å². The van der Waals surface area contributed by atoms with Crippen LogP contribution in [0.25, 0.3) is 0 Å². The molecule has 0 radical (unpaired) electrons. The number of ketones is 1. The molecule has 0 bridgehead atoms. The monoisotopic (exact) mass is 186 g/mol. The molecule has 4 nitrogen and oxygen atoms in total. The van der Waals surface area contributed by atoms with E-state index in [-0.39, 0.29) is 42.6 Å². The first-order valence-corrected chi connectivity index (χ1v) is 1.94. The van der Waals surface area contributed by atoms with Gasteiger partial charge in [0, 0.05) is 0 Å². The Morgan fingerprint density at radius 3 is 2.20 bits per heavy atom. The molecule has 0 fully saturated rings. The van der Waals surface area contributed by atoms with Crippen LogP contribution in [-0.2, 0) is 4.79 Å². The molecule has 0 saturated heterocycles. The van der Waals surface area contributed by atoms with Crippen molar-refractivity contribution in [3.63, 3.8) is 0 Å². The summed E-state index contributed by atoms with van der Waals surface area (Å²) in [6.45, 7) is 0.267. The number of hydrogen-bond donors (Lipinski definition) is 0. The van der Waals surface area contributed by atoms with Gasteiger partial charge in [0.2, 0.25) is 0 Å². The Labute approximate surface area is 70.6 Å². The molecule has 0 aromatic carbocycles. The van der Waals surface area contributed by atoms with E-state index < -0.39 is 0 Å². The Kier molecular flexibility index (Phi) is 13.9. The smallest absolute Gasteiger partial charge is 0.195 e. The van der Waals surface area contributed by atoms with Gasteiger partial charge < -0.3 is 5.48 Å². The minimum Gasteiger partial charge on any atom is -0.412 e. The largest absolute Gasteiger partial charge is 0.412 e. The molecule has 0 aliphatic carbocycles. The third-order valence-electron chi connectivity index (χ3n) is 0.614. The van der Waals surface area contributed by atoms with E-state index in [0.29, 0.717) is 0 Å². The third kappa shape index (κ3) is 5.68. The predicted molar refractivity (Wildman–Crippen MR) is 45.0 cm³/mol. The van der Waals surface area contributed by atoms with Crippen LogP contribution in [0.4, 0.5) is 0 Å². The molecule has 0 amide bonds. The fourth-order valence-corrected chi connectivity index (χ4v) is 0.335. The van der Waals surface area contributed by atoms with Crippen molar-refractivity contribution in [2.45, 2.75) is 0 Å². The Morgan fingerprint density at radius 2 is 2.00 bits per heavy atom. The maximum absolute atomic E-state index is 10.2. The van der Waals surface area contributed by atoms with Crippen LogP contribution in [-0.4, -0.2) is 30.4 Å². The lowest BCUT2D eigenvalue weighted by Crippen LogP contribution is -2.06. The van der Waals surface area contributed by atoms with Crippen LogP contribution in [0, 0.1) is 0 Å². The van der Waals surface area contributed by atoms with Gasteiger partial charge >= 0.3 is 0 Å². The molecule has 0 aromatic heterocycles. The average Bonchev–Trinajstić information content (AvgIpc) is 1.69. The summed E-state index contributed by atoms with van der Waals surface area (Å²) < 4.78 is 0. The number of rotatable bonds is 0. The highest BCUT2D eigenvalue weighted by atomic mass is 35.5. The number of carbonyl (C=O) groups excluding carboxylic acids is 1. The fourth-order valence-electron chi connectivity index (χ4n) is 0.335. The van der Waals surface area contributed by atoms with Gasteiger partial charge in [-0.15, -0.1) is 24.8 Å². The van der Waals surface area contributed by atoms with Crippen LogP contribution >= 0.6 is 24.8 Å². The summed E-state index contributed by atoms with van der Waals surface area (Å²) in [5.41, 5.74) is 0. The highest BCUT2D eigenvalue weighted by Gasteiger charge is 1.94. The summed E-state index contributed by atoms with van der Waals surface area (Å²) in [5.74, 6) is -0.0255. The predicted octanol–water partition coefficient (Wildman–Crippen LogP) is -0.313. The van der Waals surface area contributed by atoms with Gasteiger partial charge in [0.1, 0.15) is 12.9 Å². The van der Waals surface area contributed by atoms with Crippen molar-refractivity contribution in [3.8, 4) is 0 Å². The maximum Gasteiger partial charge on any atom is 0.195 e. The third-order valence-corrected chi connectivity index (χ3v) is 0.614. The van der Waals surface area contributed by atoms with E-state index in [4.69, 9.17) is 0 Å². The van der Waals surface area contributed by atoms with Crippen LogP contribution in [0.3, 0.4) is 0 Å². The van der Waals surface area contributed by atoms with Crippen molar-refractivity contribution in [3.05, 3.63) is 0 Å². The number of halogens is 2. The first kappa shape index (κ1) is 16.3. The second-order valence-electron chi connectivity index (χ2n) is 1.20. The quantitative estimate of drug-likeness (QED) is 0.512. The molecule has 0 saturated carbocycles. The van der Waals surface area contributed by atoms with Gasteiger partial charge in [0.25, 0.3) is 0 Å². The molecule has 2 N–H and O–H groups in total. The van der Waals surface area contributed by atoms with E-state index >= 15 is 0 Å². The molecule has 1 heterocycles. The number of nitrogens with zero attached hydrogens (tertiary/aromatic N) is 2. The van der Waals surface area contributed by atoms with E-state index in [9.17, 15) is 4.79 Å². The zero-order valence-electron chi connectivity index (χ0n) is 4.98. The molecule has 60 valence electrons. The standard InChI is InChI=1S/C4H4N2O.2ClH.H2O/c7-4-1-5-3-6-2-4;;;/h1,3H,2H2;2*1H;1H2. The minimum absolute atomic E-state index is 0. The molecule has 0 unspecified atom stereocenters. The zero-order chi connectivity index (χ0) is 5.11. The maximum atomic E-state index is 10.2. The molecule has 6 heteroatoms. The molecule has 0 aromatic rings. The van der Waals surface area contributed by atoms with Gasteiger partial charge in [-0.2, -0.15) is 0 Å². The summed E-state index contributed by atoms with van der Waals surface area (Å²) >= 11 is 0. The summed E-state index contributed by atoms with van der Waals surface area (Å²) in [6, 6.07) is 0. The second kappa shape index (κ2) is 8.55. The topological polar surface area (TPSA) is 73.3 Å². The number of Topliss-reactive ketones (excluding diaryl/α,β-unsaturated/α-hetero) is 1. The van der Waals surface area contributed by atoms with E-state index in [1.807, 2.05) is 0 Å². The van der Waals surface area contributed by atoms with E-state index in [0.717, 1.165) is 0 Å². The van der Waals surface area contributed by atoms with Crippen LogP contribution in [0.15, 0.2) is 9.98 Å². The van der Waals surface area contributed by atoms with Crippen LogP contribution in [0.2, 0.25) is 0 Å². The first-order chi connectivity index (χ1) is 3.39. The van der Waals surface area contributed by atoms with Gasteiger partial charge in [-0.25, -0.2) is 4.99 Å². The molecular weight excluding hydrogens is 179 g/mol. The number of aliphatic imine (C=N–C) groups is 2. The lowest BCUT2D eigenvalue weighted by molar-refractivity contribution is -0.111. The van der Waals surface area contributed by atoms with Gasteiger partial charge in [0.05, 0.1) is 6.21 Å². The van der Waals surface area contributed by atoms with Crippen molar-refractivity contribution in [1.29, 1.82) is 0 Å². The molecule has 0 atom stereocenters. The average molecular weight is 187 g/mol. The Balaban J connectivity index is -0.000000163. The summed E-state index contributed by atoms with van der Waals surface area (Å²) in [7, 11) is 0. The second-order valence-corrected chi connectivity index (χ2v) is 1.20. The van der Waals surface area contributed by atoms with E-state index in [1.54, 1.807) is 0 Å².